The molecule has 0 atom stereocenters. The van der Waals surface area contributed by atoms with Crippen molar-refractivity contribution in [2.45, 2.75) is 6.61 Å². The minimum absolute atomic E-state index is 0.249. The van der Waals surface area contributed by atoms with Crippen molar-refractivity contribution in [3.05, 3.63) is 30.1 Å². The molecule has 60 valence electrons. The molecule has 6 heteroatoms. The van der Waals surface area contributed by atoms with Gasteiger partial charge in [-0.15, -0.1) is 0 Å². The highest BCUT2D eigenvalue weighted by Gasteiger charge is 2.03. The Morgan fingerprint density at radius 3 is 2.55 bits per heavy atom. The number of hydrogen-bond donors (Lipinski definition) is 3. The van der Waals surface area contributed by atoms with Gasteiger partial charge in [0.15, 0.2) is 0 Å². The summed E-state index contributed by atoms with van der Waals surface area (Å²) in [4.78, 5) is 25.7. The summed E-state index contributed by atoms with van der Waals surface area (Å²) in [6.45, 7) is -0.336. The van der Waals surface area contributed by atoms with Crippen molar-refractivity contribution in [3.63, 3.8) is 0 Å². The lowest BCUT2D eigenvalue weighted by Crippen LogP contribution is -2.26. The van der Waals surface area contributed by atoms with Gasteiger partial charge in [0.25, 0.3) is 5.56 Å². The average Bonchev–Trinajstić information content (AvgIpc) is 1.96. The Balaban J connectivity index is 3.49. The maximum Gasteiger partial charge on any atom is 0.326 e. The topological polar surface area (TPSA) is 85.9 Å². The molecule has 0 spiro atoms. The van der Waals surface area contributed by atoms with Gasteiger partial charge in [0.2, 0.25) is 0 Å². The molecule has 0 aliphatic carbocycles. The van der Waals surface area contributed by atoms with Gasteiger partial charge >= 0.3 is 5.69 Å². The smallest absolute Gasteiger partial charge is 0.326 e. The van der Waals surface area contributed by atoms with E-state index in [-0.39, 0.29) is 12.3 Å². The van der Waals surface area contributed by atoms with E-state index < -0.39 is 11.2 Å². The van der Waals surface area contributed by atoms with Crippen LogP contribution in [0.1, 0.15) is 5.69 Å². The molecule has 3 N–H and O–H groups in total. The Kier molecular flexibility index (Phi) is 2.45. The molecule has 0 aromatic carbocycles. The normalized spacial score (nSPS) is 10.0. The van der Waals surface area contributed by atoms with Crippen molar-refractivity contribution in [1.29, 1.82) is 0 Å². The van der Waals surface area contributed by atoms with Crippen LogP contribution in [0.25, 0.3) is 0 Å². The number of rotatable bonds is 1. The van der Waals surface area contributed by atoms with Gasteiger partial charge in [-0.3, -0.25) is 9.78 Å². The third-order valence-corrected chi connectivity index (χ3v) is 2.25. The first-order valence-corrected chi connectivity index (χ1v) is 3.85. The van der Waals surface area contributed by atoms with Gasteiger partial charge in [0.05, 0.1) is 12.3 Å². The second kappa shape index (κ2) is 3.18. The van der Waals surface area contributed by atoms with E-state index in [1.807, 2.05) is 4.98 Å². The lowest BCUT2D eigenvalue weighted by molar-refractivity contribution is 0.275. The molecule has 0 aliphatic heterocycles. The molecule has 1 aromatic heterocycles. The second-order valence-corrected chi connectivity index (χ2v) is 2.94. The minimum atomic E-state index is -0.598. The number of aromatic amines is 2. The van der Waals surface area contributed by atoms with Crippen molar-refractivity contribution >= 4 is 22.6 Å². The first-order valence-electron chi connectivity index (χ1n) is 2.77. The van der Waals surface area contributed by atoms with E-state index in [1.165, 1.54) is 0 Å². The Bertz CT molecular complexity index is 367. The van der Waals surface area contributed by atoms with E-state index in [2.05, 4.69) is 4.98 Å². The molecular formula is C5H5IN2O3. The van der Waals surface area contributed by atoms with Gasteiger partial charge in [-0.05, 0) is 22.6 Å². The first-order chi connectivity index (χ1) is 5.15. The molecule has 1 aromatic rings. The summed E-state index contributed by atoms with van der Waals surface area (Å²) in [6, 6.07) is 0. The summed E-state index contributed by atoms with van der Waals surface area (Å²) >= 11 is 1.75. The van der Waals surface area contributed by atoms with E-state index in [0.717, 1.165) is 0 Å². The summed E-state index contributed by atoms with van der Waals surface area (Å²) in [5, 5.41) is 8.64. The first kappa shape index (κ1) is 8.47. The Morgan fingerprint density at radius 1 is 1.36 bits per heavy atom. The van der Waals surface area contributed by atoms with Crippen LogP contribution in [0.15, 0.2) is 9.59 Å². The quantitative estimate of drug-likeness (QED) is 0.580. The SMILES string of the molecule is O=c1[nH]c(CO)c(I)c(=O)[nH]1. The van der Waals surface area contributed by atoms with Crippen LogP contribution < -0.4 is 11.2 Å². The van der Waals surface area contributed by atoms with Crippen molar-refractivity contribution in [1.82, 2.24) is 9.97 Å². The number of H-pyrrole nitrogens is 2. The van der Waals surface area contributed by atoms with Crippen molar-refractivity contribution in [3.8, 4) is 0 Å². The van der Waals surface area contributed by atoms with Gasteiger partial charge in [-0.2, -0.15) is 0 Å². The Morgan fingerprint density at radius 2 is 2.00 bits per heavy atom. The zero-order valence-electron chi connectivity index (χ0n) is 5.35. The summed E-state index contributed by atoms with van der Waals surface area (Å²) in [7, 11) is 0. The van der Waals surface area contributed by atoms with Crippen LogP contribution in [0.4, 0.5) is 0 Å². The molecule has 0 radical (unpaired) electrons. The molecule has 0 fully saturated rings. The molecular weight excluding hydrogens is 263 g/mol. The van der Waals surface area contributed by atoms with Gasteiger partial charge in [-0.25, -0.2) is 4.79 Å². The van der Waals surface area contributed by atoms with Crippen LogP contribution >= 0.6 is 22.6 Å². The lowest BCUT2D eigenvalue weighted by atomic mass is 10.4. The molecule has 0 bridgehead atoms. The van der Waals surface area contributed by atoms with Gasteiger partial charge in [-0.1, -0.05) is 0 Å². The molecule has 11 heavy (non-hydrogen) atoms. The zero-order chi connectivity index (χ0) is 8.43. The number of halogens is 1. The van der Waals surface area contributed by atoms with Crippen LogP contribution in [-0.4, -0.2) is 15.1 Å². The molecule has 0 saturated carbocycles. The highest BCUT2D eigenvalue weighted by atomic mass is 127. The zero-order valence-corrected chi connectivity index (χ0v) is 7.51. The van der Waals surface area contributed by atoms with E-state index in [0.29, 0.717) is 3.57 Å². The Labute approximate surface area is 74.6 Å². The number of aromatic nitrogens is 2. The van der Waals surface area contributed by atoms with Crippen LogP contribution in [0.3, 0.4) is 0 Å². The van der Waals surface area contributed by atoms with Gasteiger partial charge < -0.3 is 10.1 Å². The molecule has 0 amide bonds. The number of aliphatic hydroxyl groups is 1. The van der Waals surface area contributed by atoms with Gasteiger partial charge in [0.1, 0.15) is 3.57 Å². The molecule has 0 saturated heterocycles. The van der Waals surface area contributed by atoms with Crippen LogP contribution in [0.5, 0.6) is 0 Å². The summed E-state index contributed by atoms with van der Waals surface area (Å²) in [5.74, 6) is 0. The van der Waals surface area contributed by atoms with Crippen molar-refractivity contribution < 1.29 is 5.11 Å². The Hall–Kier alpha value is -0.630. The number of aliphatic hydroxyl groups excluding tert-OH is 1. The fourth-order valence-corrected chi connectivity index (χ4v) is 1.07. The monoisotopic (exact) mass is 268 g/mol. The largest absolute Gasteiger partial charge is 0.390 e. The maximum atomic E-state index is 10.8. The fourth-order valence-electron chi connectivity index (χ4n) is 0.627. The molecule has 1 heterocycles. The van der Waals surface area contributed by atoms with Gasteiger partial charge in [0, 0.05) is 0 Å². The average molecular weight is 268 g/mol. The standard InChI is InChI=1S/C5H5IN2O3/c6-3-2(1-9)7-5(11)8-4(3)10/h9H,1H2,(H2,7,8,10,11). The minimum Gasteiger partial charge on any atom is -0.390 e. The predicted octanol–water partition coefficient (Wildman–Crippen LogP) is -0.840. The highest BCUT2D eigenvalue weighted by Crippen LogP contribution is 1.99. The van der Waals surface area contributed by atoms with E-state index >= 15 is 0 Å². The third kappa shape index (κ3) is 1.69. The highest BCUT2D eigenvalue weighted by molar-refractivity contribution is 14.1. The third-order valence-electron chi connectivity index (χ3n) is 1.11. The van der Waals surface area contributed by atoms with Crippen LogP contribution in [-0.2, 0) is 6.61 Å². The molecule has 0 aliphatic rings. The molecule has 5 nitrogen and oxygen atoms in total. The maximum absolute atomic E-state index is 10.8. The predicted molar refractivity (Wildman–Crippen MR) is 46.3 cm³/mol. The summed E-state index contributed by atoms with van der Waals surface area (Å²) < 4.78 is 0.310. The van der Waals surface area contributed by atoms with E-state index in [4.69, 9.17) is 5.11 Å². The number of nitrogens with one attached hydrogen (secondary N) is 2. The van der Waals surface area contributed by atoms with Crippen molar-refractivity contribution in [2.75, 3.05) is 0 Å². The van der Waals surface area contributed by atoms with Crippen LogP contribution in [0.2, 0.25) is 0 Å². The molecule has 0 unspecified atom stereocenters. The fraction of sp³-hybridized carbons (Fsp3) is 0.200. The van der Waals surface area contributed by atoms with Crippen molar-refractivity contribution in [2.24, 2.45) is 0 Å². The number of hydrogen-bond acceptors (Lipinski definition) is 3. The van der Waals surface area contributed by atoms with E-state index in [1.54, 1.807) is 22.6 Å². The lowest BCUT2D eigenvalue weighted by Gasteiger charge is -1.96. The molecule has 1 rings (SSSR count). The van der Waals surface area contributed by atoms with Crippen LogP contribution in [0, 0.1) is 3.57 Å². The summed E-state index contributed by atoms with van der Waals surface area (Å²) in [5.41, 5.74) is -0.822. The van der Waals surface area contributed by atoms with E-state index in [9.17, 15) is 9.59 Å². The summed E-state index contributed by atoms with van der Waals surface area (Å²) in [6.07, 6.45) is 0. The second-order valence-electron chi connectivity index (χ2n) is 1.86.